The van der Waals surface area contributed by atoms with Crippen LogP contribution in [0.5, 0.6) is 0 Å². The molecule has 2 saturated heterocycles. The lowest BCUT2D eigenvalue weighted by molar-refractivity contribution is -0.123. The van der Waals surface area contributed by atoms with Crippen molar-refractivity contribution in [3.63, 3.8) is 0 Å². The van der Waals surface area contributed by atoms with Crippen molar-refractivity contribution in [2.45, 2.75) is 52.1 Å². The van der Waals surface area contributed by atoms with Gasteiger partial charge in [0.05, 0.1) is 6.04 Å². The Bertz CT molecular complexity index is 566. The van der Waals surface area contributed by atoms with E-state index < -0.39 is 0 Å². The summed E-state index contributed by atoms with van der Waals surface area (Å²) < 4.78 is 0. The normalized spacial score (nSPS) is 24.9. The van der Waals surface area contributed by atoms with Crippen molar-refractivity contribution in [2.24, 2.45) is 5.92 Å². The second-order valence-corrected chi connectivity index (χ2v) is 7.50. The molecule has 3 rings (SSSR count). The van der Waals surface area contributed by atoms with Gasteiger partial charge in [0.2, 0.25) is 5.91 Å². The molecule has 1 aromatic rings. The van der Waals surface area contributed by atoms with Crippen molar-refractivity contribution in [2.75, 3.05) is 26.2 Å². The lowest BCUT2D eigenvalue weighted by Crippen LogP contribution is -2.45. The average Bonchev–Trinajstić information content (AvgIpc) is 3.12. The van der Waals surface area contributed by atoms with Gasteiger partial charge in [-0.15, -0.1) is 0 Å². The van der Waals surface area contributed by atoms with Gasteiger partial charge < -0.3 is 10.6 Å². The van der Waals surface area contributed by atoms with Crippen molar-refractivity contribution in [1.29, 1.82) is 0 Å². The van der Waals surface area contributed by atoms with E-state index in [1.165, 1.54) is 36.1 Å². The molecule has 0 saturated carbocycles. The maximum atomic E-state index is 12.2. The van der Waals surface area contributed by atoms with E-state index in [-0.39, 0.29) is 11.9 Å². The van der Waals surface area contributed by atoms with Gasteiger partial charge in [0.25, 0.3) is 0 Å². The summed E-state index contributed by atoms with van der Waals surface area (Å²) in [5.41, 5.74) is 4.23. The zero-order valence-corrected chi connectivity index (χ0v) is 15.1. The minimum Gasteiger partial charge on any atom is -0.354 e. The fraction of sp³-hybridized carbons (Fsp3) is 0.650. The lowest BCUT2D eigenvalue weighted by Gasteiger charge is -2.33. The molecule has 2 unspecified atom stereocenters. The molecule has 0 aliphatic carbocycles. The summed E-state index contributed by atoms with van der Waals surface area (Å²) >= 11 is 0. The Balaban J connectivity index is 1.49. The van der Waals surface area contributed by atoms with Gasteiger partial charge in [-0.2, -0.15) is 0 Å². The van der Waals surface area contributed by atoms with Crippen LogP contribution in [0.15, 0.2) is 18.2 Å². The van der Waals surface area contributed by atoms with Crippen molar-refractivity contribution >= 4 is 5.91 Å². The Morgan fingerprint density at radius 1 is 1.29 bits per heavy atom. The molecule has 24 heavy (non-hydrogen) atoms. The van der Waals surface area contributed by atoms with Crippen LogP contribution in [0.4, 0.5) is 0 Å². The van der Waals surface area contributed by atoms with Gasteiger partial charge in [-0.05, 0) is 75.2 Å². The molecule has 0 aromatic heterocycles. The lowest BCUT2D eigenvalue weighted by atomic mass is 9.96. The summed E-state index contributed by atoms with van der Waals surface area (Å²) in [5.74, 6) is 0.772. The first-order valence-corrected chi connectivity index (χ1v) is 9.42. The highest BCUT2D eigenvalue weighted by molar-refractivity contribution is 5.81. The van der Waals surface area contributed by atoms with Crippen molar-refractivity contribution in [1.82, 2.24) is 15.5 Å². The third kappa shape index (κ3) is 4.37. The van der Waals surface area contributed by atoms with Crippen LogP contribution in [-0.4, -0.2) is 43.0 Å². The van der Waals surface area contributed by atoms with Crippen LogP contribution in [0.3, 0.4) is 0 Å². The van der Waals surface area contributed by atoms with Gasteiger partial charge >= 0.3 is 0 Å². The van der Waals surface area contributed by atoms with E-state index in [1.807, 2.05) is 0 Å². The Kier molecular flexibility index (Phi) is 5.90. The van der Waals surface area contributed by atoms with Gasteiger partial charge in [0.1, 0.15) is 0 Å². The number of nitrogens with zero attached hydrogens (tertiary/aromatic N) is 1. The smallest absolute Gasteiger partial charge is 0.237 e. The predicted molar refractivity (Wildman–Crippen MR) is 98.0 cm³/mol. The van der Waals surface area contributed by atoms with E-state index in [9.17, 15) is 4.79 Å². The van der Waals surface area contributed by atoms with E-state index in [0.29, 0.717) is 5.92 Å². The third-order valence-electron chi connectivity index (χ3n) is 5.66. The molecule has 0 radical (unpaired) electrons. The number of carbonyl (C=O) groups excluding carboxylic acids is 1. The van der Waals surface area contributed by atoms with Gasteiger partial charge in [-0.1, -0.05) is 18.2 Å². The number of piperidine rings is 1. The molecule has 2 fully saturated rings. The van der Waals surface area contributed by atoms with Gasteiger partial charge in [-0.3, -0.25) is 9.69 Å². The van der Waals surface area contributed by atoms with Crippen LogP contribution in [-0.2, 0) is 11.3 Å². The van der Waals surface area contributed by atoms with Gasteiger partial charge in [0.15, 0.2) is 0 Å². The van der Waals surface area contributed by atoms with Crippen LogP contribution >= 0.6 is 0 Å². The standard InChI is InChI=1S/C20H31N3O/c1-15-6-3-8-18(16(15)2)14-23-11-5-7-17(13-23)12-22-20(24)19-9-4-10-21-19/h3,6,8,17,19,21H,4-5,7,9-14H2,1-2H3,(H,22,24). The SMILES string of the molecule is Cc1cccc(CN2CCCC(CNC(=O)C3CCCN3)C2)c1C. The molecule has 2 heterocycles. The zero-order chi connectivity index (χ0) is 16.9. The molecule has 4 heteroatoms. The Morgan fingerprint density at radius 3 is 2.96 bits per heavy atom. The largest absolute Gasteiger partial charge is 0.354 e. The zero-order valence-electron chi connectivity index (χ0n) is 15.1. The Labute approximate surface area is 146 Å². The number of benzene rings is 1. The maximum Gasteiger partial charge on any atom is 0.237 e. The van der Waals surface area contributed by atoms with Crippen LogP contribution < -0.4 is 10.6 Å². The highest BCUT2D eigenvalue weighted by Crippen LogP contribution is 2.21. The Morgan fingerprint density at radius 2 is 2.17 bits per heavy atom. The molecule has 132 valence electrons. The summed E-state index contributed by atoms with van der Waals surface area (Å²) in [7, 11) is 0. The second-order valence-electron chi connectivity index (χ2n) is 7.50. The molecular formula is C20H31N3O. The molecule has 1 aromatic carbocycles. The fourth-order valence-corrected chi connectivity index (χ4v) is 3.96. The minimum atomic E-state index is 0.0413. The number of rotatable bonds is 5. The molecule has 2 atom stereocenters. The highest BCUT2D eigenvalue weighted by atomic mass is 16.2. The van der Waals surface area contributed by atoms with E-state index in [4.69, 9.17) is 0 Å². The van der Waals surface area contributed by atoms with Crippen molar-refractivity contribution in [3.8, 4) is 0 Å². The summed E-state index contributed by atoms with van der Waals surface area (Å²) in [4.78, 5) is 14.7. The molecule has 2 aliphatic heterocycles. The first kappa shape index (κ1) is 17.4. The van der Waals surface area contributed by atoms with E-state index in [1.54, 1.807) is 0 Å². The Hall–Kier alpha value is -1.39. The highest BCUT2D eigenvalue weighted by Gasteiger charge is 2.24. The number of hydrogen-bond donors (Lipinski definition) is 2. The summed E-state index contributed by atoms with van der Waals surface area (Å²) in [6.07, 6.45) is 4.55. The molecule has 2 aliphatic rings. The minimum absolute atomic E-state index is 0.0413. The number of nitrogens with one attached hydrogen (secondary N) is 2. The molecule has 4 nitrogen and oxygen atoms in total. The number of aryl methyl sites for hydroxylation is 1. The quantitative estimate of drug-likeness (QED) is 0.872. The molecule has 0 spiro atoms. The van der Waals surface area contributed by atoms with Crippen LogP contribution in [0.2, 0.25) is 0 Å². The van der Waals surface area contributed by atoms with E-state index >= 15 is 0 Å². The summed E-state index contributed by atoms with van der Waals surface area (Å²) in [5, 5.41) is 6.45. The number of carbonyl (C=O) groups is 1. The van der Waals surface area contributed by atoms with Gasteiger partial charge in [-0.25, -0.2) is 0 Å². The van der Waals surface area contributed by atoms with E-state index in [0.717, 1.165) is 39.0 Å². The second kappa shape index (κ2) is 8.13. The van der Waals surface area contributed by atoms with Crippen LogP contribution in [0, 0.1) is 19.8 Å². The monoisotopic (exact) mass is 329 g/mol. The van der Waals surface area contributed by atoms with Crippen molar-refractivity contribution < 1.29 is 4.79 Å². The summed E-state index contributed by atoms with van der Waals surface area (Å²) in [6, 6.07) is 6.64. The van der Waals surface area contributed by atoms with Crippen LogP contribution in [0.25, 0.3) is 0 Å². The third-order valence-corrected chi connectivity index (χ3v) is 5.66. The first-order chi connectivity index (χ1) is 11.6. The van der Waals surface area contributed by atoms with E-state index in [2.05, 4.69) is 47.6 Å². The molecule has 0 bridgehead atoms. The molecule has 1 amide bonds. The maximum absolute atomic E-state index is 12.2. The molecular weight excluding hydrogens is 298 g/mol. The number of amides is 1. The number of hydrogen-bond acceptors (Lipinski definition) is 3. The topological polar surface area (TPSA) is 44.4 Å². The average molecular weight is 329 g/mol. The first-order valence-electron chi connectivity index (χ1n) is 9.42. The predicted octanol–water partition coefficient (Wildman–Crippen LogP) is 2.38. The van der Waals surface area contributed by atoms with Gasteiger partial charge in [0, 0.05) is 19.6 Å². The summed E-state index contributed by atoms with van der Waals surface area (Å²) in [6.45, 7) is 9.49. The number of likely N-dealkylation sites (tertiary alicyclic amines) is 1. The van der Waals surface area contributed by atoms with Crippen LogP contribution in [0.1, 0.15) is 42.4 Å². The van der Waals surface area contributed by atoms with Crippen molar-refractivity contribution in [3.05, 3.63) is 34.9 Å². The fourth-order valence-electron chi connectivity index (χ4n) is 3.96. The molecule has 2 N–H and O–H groups in total.